The predicted octanol–water partition coefficient (Wildman–Crippen LogP) is 2.05. The van der Waals surface area contributed by atoms with Gasteiger partial charge in [-0.15, -0.1) is 0 Å². The van der Waals surface area contributed by atoms with Crippen molar-refractivity contribution in [3.63, 3.8) is 0 Å². The molecule has 0 bridgehead atoms. The van der Waals surface area contributed by atoms with Gasteiger partial charge in [0, 0.05) is 49.9 Å². The lowest BCUT2D eigenvalue weighted by molar-refractivity contribution is -0.384. The molecule has 0 atom stereocenters. The first-order valence-corrected chi connectivity index (χ1v) is 9.17. The Hall–Kier alpha value is -3.62. The van der Waals surface area contributed by atoms with Crippen LogP contribution in [0.15, 0.2) is 48.5 Å². The van der Waals surface area contributed by atoms with Crippen molar-refractivity contribution in [2.24, 2.45) is 0 Å². The monoisotopic (exact) mass is 399 g/mol. The summed E-state index contributed by atoms with van der Waals surface area (Å²) in [5.41, 5.74) is 0.319. The third kappa shape index (κ3) is 5.22. The molecule has 0 aromatic heterocycles. The lowest BCUT2D eigenvalue weighted by Gasteiger charge is -2.34. The first-order valence-electron chi connectivity index (χ1n) is 9.17. The summed E-state index contributed by atoms with van der Waals surface area (Å²) in [5.74, 6) is 0.325. The maximum absolute atomic E-state index is 12.5. The zero-order chi connectivity index (χ0) is 20.8. The molecule has 1 aliphatic heterocycles. The molecule has 0 aliphatic carbocycles. The highest BCUT2D eigenvalue weighted by molar-refractivity contribution is 5.94. The fourth-order valence-electron chi connectivity index (χ4n) is 3.05. The van der Waals surface area contributed by atoms with Gasteiger partial charge in [0.05, 0.1) is 18.0 Å². The number of carbonyl (C=O) groups is 2. The molecule has 1 heterocycles. The van der Waals surface area contributed by atoms with Gasteiger partial charge in [-0.2, -0.15) is 0 Å². The number of phenolic OH excluding ortho intramolecular Hbond substituents is 1. The molecular formula is C20H21N3O6. The number of hydrogen-bond acceptors (Lipinski definition) is 6. The number of aromatic hydroxyl groups is 1. The molecule has 9 nitrogen and oxygen atoms in total. The second-order valence-electron chi connectivity index (χ2n) is 6.57. The highest BCUT2D eigenvalue weighted by Gasteiger charge is 2.25. The van der Waals surface area contributed by atoms with Crippen LogP contribution in [0.2, 0.25) is 0 Å². The first kappa shape index (κ1) is 20.1. The number of carbonyl (C=O) groups excluding carboxylic acids is 2. The fraction of sp³-hybridized carbons (Fsp3) is 0.300. The van der Waals surface area contributed by atoms with Crippen molar-refractivity contribution in [3.8, 4) is 11.5 Å². The Morgan fingerprint density at radius 1 is 1.03 bits per heavy atom. The molecule has 152 valence electrons. The van der Waals surface area contributed by atoms with Crippen LogP contribution in [0.1, 0.15) is 16.8 Å². The van der Waals surface area contributed by atoms with Crippen molar-refractivity contribution < 1.29 is 24.4 Å². The third-order valence-electron chi connectivity index (χ3n) is 4.65. The standard InChI is InChI=1S/C20H21N3O6/c24-17-2-1-3-18(14-17)29-13-8-19(25)21-9-11-22(12-10-21)20(26)15-4-6-16(7-5-15)23(27)28/h1-7,14,24H,8-13H2. The zero-order valence-electron chi connectivity index (χ0n) is 15.7. The van der Waals surface area contributed by atoms with Gasteiger partial charge in [-0.05, 0) is 24.3 Å². The Labute approximate surface area is 167 Å². The van der Waals surface area contributed by atoms with Crippen molar-refractivity contribution in [3.05, 3.63) is 64.2 Å². The number of non-ortho nitro benzene ring substituents is 1. The summed E-state index contributed by atoms with van der Waals surface area (Å²) < 4.78 is 5.47. The topological polar surface area (TPSA) is 113 Å². The van der Waals surface area contributed by atoms with E-state index in [2.05, 4.69) is 0 Å². The number of piperazine rings is 1. The molecule has 1 saturated heterocycles. The van der Waals surface area contributed by atoms with Crippen LogP contribution in [0.5, 0.6) is 11.5 Å². The summed E-state index contributed by atoms with van der Waals surface area (Å²) in [4.78, 5) is 38.4. The second kappa shape index (κ2) is 9.05. The van der Waals surface area contributed by atoms with Gasteiger partial charge in [0.1, 0.15) is 11.5 Å². The highest BCUT2D eigenvalue weighted by Crippen LogP contribution is 2.18. The van der Waals surface area contributed by atoms with Crippen molar-refractivity contribution >= 4 is 17.5 Å². The van der Waals surface area contributed by atoms with Crippen LogP contribution in [0, 0.1) is 10.1 Å². The van der Waals surface area contributed by atoms with E-state index in [0.717, 1.165) is 0 Å². The van der Waals surface area contributed by atoms with Crippen molar-refractivity contribution in [2.45, 2.75) is 6.42 Å². The fourth-order valence-corrected chi connectivity index (χ4v) is 3.05. The zero-order valence-corrected chi connectivity index (χ0v) is 15.7. The smallest absolute Gasteiger partial charge is 0.269 e. The van der Waals surface area contributed by atoms with Crippen molar-refractivity contribution in [2.75, 3.05) is 32.8 Å². The van der Waals surface area contributed by atoms with Crippen LogP contribution >= 0.6 is 0 Å². The molecule has 0 unspecified atom stereocenters. The number of hydrogen-bond donors (Lipinski definition) is 1. The summed E-state index contributed by atoms with van der Waals surface area (Å²) in [7, 11) is 0. The van der Waals surface area contributed by atoms with Crippen LogP contribution in [0.3, 0.4) is 0 Å². The van der Waals surface area contributed by atoms with Gasteiger partial charge in [-0.1, -0.05) is 6.07 Å². The number of nitro benzene ring substituents is 1. The Morgan fingerprint density at radius 3 is 2.31 bits per heavy atom. The molecule has 2 aromatic carbocycles. The molecule has 29 heavy (non-hydrogen) atoms. The van der Waals surface area contributed by atoms with Crippen molar-refractivity contribution in [1.29, 1.82) is 0 Å². The minimum absolute atomic E-state index is 0.0624. The first-order chi connectivity index (χ1) is 13.9. The molecule has 1 N–H and O–H groups in total. The van der Waals surface area contributed by atoms with Crippen LogP contribution in [-0.2, 0) is 4.79 Å². The summed E-state index contributed by atoms with van der Waals surface area (Å²) in [6.45, 7) is 1.83. The van der Waals surface area contributed by atoms with E-state index in [0.29, 0.717) is 37.5 Å². The van der Waals surface area contributed by atoms with Crippen LogP contribution in [-0.4, -0.2) is 64.4 Å². The van der Waals surface area contributed by atoms with E-state index in [1.54, 1.807) is 21.9 Å². The van der Waals surface area contributed by atoms with E-state index < -0.39 is 4.92 Å². The molecular weight excluding hydrogens is 378 g/mol. The number of nitrogens with zero attached hydrogens (tertiary/aromatic N) is 3. The Balaban J connectivity index is 1.45. The number of nitro groups is 1. The average Bonchev–Trinajstić information content (AvgIpc) is 2.73. The van der Waals surface area contributed by atoms with Gasteiger partial charge in [0.2, 0.25) is 5.91 Å². The number of benzene rings is 2. The van der Waals surface area contributed by atoms with Gasteiger partial charge >= 0.3 is 0 Å². The molecule has 0 spiro atoms. The van der Waals surface area contributed by atoms with E-state index >= 15 is 0 Å². The SMILES string of the molecule is O=C(CCOc1cccc(O)c1)N1CCN(C(=O)c2ccc([N+](=O)[O-])cc2)CC1. The third-order valence-corrected chi connectivity index (χ3v) is 4.65. The lowest BCUT2D eigenvalue weighted by Crippen LogP contribution is -2.50. The molecule has 1 aliphatic rings. The van der Waals surface area contributed by atoms with E-state index in [1.807, 2.05) is 0 Å². The van der Waals surface area contributed by atoms with Gasteiger partial charge in [0.25, 0.3) is 11.6 Å². The van der Waals surface area contributed by atoms with Crippen LogP contribution in [0.25, 0.3) is 0 Å². The van der Waals surface area contributed by atoms with E-state index in [4.69, 9.17) is 4.74 Å². The average molecular weight is 399 g/mol. The lowest BCUT2D eigenvalue weighted by atomic mass is 10.1. The quantitative estimate of drug-likeness (QED) is 0.588. The summed E-state index contributed by atoms with van der Waals surface area (Å²) in [6, 6.07) is 11.9. The summed E-state index contributed by atoms with van der Waals surface area (Å²) in [6.07, 6.45) is 0.200. The number of ether oxygens (including phenoxy) is 1. The van der Waals surface area contributed by atoms with Gasteiger partial charge < -0.3 is 19.6 Å². The van der Waals surface area contributed by atoms with Gasteiger partial charge in [0.15, 0.2) is 0 Å². The minimum Gasteiger partial charge on any atom is -0.508 e. The minimum atomic E-state index is -0.511. The molecule has 1 fully saturated rings. The van der Waals surface area contributed by atoms with Gasteiger partial charge in [-0.3, -0.25) is 19.7 Å². The second-order valence-corrected chi connectivity index (χ2v) is 6.57. The maximum atomic E-state index is 12.5. The molecule has 9 heteroatoms. The molecule has 3 rings (SSSR count). The number of phenols is 1. The molecule has 2 aromatic rings. The Morgan fingerprint density at radius 2 is 1.69 bits per heavy atom. The highest BCUT2D eigenvalue weighted by atomic mass is 16.6. The summed E-state index contributed by atoms with van der Waals surface area (Å²) in [5, 5.41) is 20.1. The predicted molar refractivity (Wildman–Crippen MR) is 104 cm³/mol. The van der Waals surface area contributed by atoms with E-state index in [-0.39, 0.29) is 36.3 Å². The number of amides is 2. The molecule has 0 saturated carbocycles. The maximum Gasteiger partial charge on any atom is 0.269 e. The van der Waals surface area contributed by atoms with Gasteiger partial charge in [-0.25, -0.2) is 0 Å². The van der Waals surface area contributed by atoms with E-state index in [9.17, 15) is 24.8 Å². The largest absolute Gasteiger partial charge is 0.508 e. The Kier molecular flexibility index (Phi) is 6.28. The van der Waals surface area contributed by atoms with E-state index in [1.165, 1.54) is 36.4 Å². The van der Waals surface area contributed by atoms with Crippen LogP contribution < -0.4 is 4.74 Å². The summed E-state index contributed by atoms with van der Waals surface area (Å²) >= 11 is 0. The Bertz CT molecular complexity index is 891. The van der Waals surface area contributed by atoms with Crippen LogP contribution in [0.4, 0.5) is 5.69 Å². The normalized spacial score (nSPS) is 13.8. The van der Waals surface area contributed by atoms with Crippen molar-refractivity contribution in [1.82, 2.24) is 9.80 Å². The molecule has 0 radical (unpaired) electrons. The molecule has 2 amide bonds. The number of rotatable bonds is 6.